The van der Waals surface area contributed by atoms with Crippen LogP contribution in [0.15, 0.2) is 42.5 Å². The number of hydrogen-bond acceptors (Lipinski definition) is 6. The van der Waals surface area contributed by atoms with E-state index in [0.717, 1.165) is 44.5 Å². The number of piperidine rings is 1. The summed E-state index contributed by atoms with van der Waals surface area (Å²) in [5, 5.41) is 18.2. The van der Waals surface area contributed by atoms with Gasteiger partial charge in [0.2, 0.25) is 5.88 Å². The molecular weight excluding hydrogens is 362 g/mol. The zero-order valence-corrected chi connectivity index (χ0v) is 16.8. The number of pyridine rings is 1. The maximum atomic E-state index is 9.13. The molecule has 2 unspecified atom stereocenters. The van der Waals surface area contributed by atoms with E-state index in [1.807, 2.05) is 31.2 Å². The summed E-state index contributed by atoms with van der Waals surface area (Å²) in [5.74, 6) is 0.792. The van der Waals surface area contributed by atoms with Crippen molar-refractivity contribution in [2.75, 3.05) is 19.6 Å². The highest BCUT2D eigenvalue weighted by Gasteiger charge is 2.29. The van der Waals surface area contributed by atoms with E-state index in [1.165, 1.54) is 0 Å². The van der Waals surface area contributed by atoms with Gasteiger partial charge in [0.05, 0.1) is 11.6 Å². The predicted octanol–water partition coefficient (Wildman–Crippen LogP) is 3.39. The first-order valence-electron chi connectivity index (χ1n) is 10.1. The van der Waals surface area contributed by atoms with Gasteiger partial charge in [-0.05, 0) is 69.6 Å². The molecule has 1 aliphatic heterocycles. The van der Waals surface area contributed by atoms with Crippen LogP contribution in [-0.4, -0.2) is 35.6 Å². The van der Waals surface area contributed by atoms with E-state index in [1.54, 1.807) is 18.2 Å². The number of aromatic nitrogens is 1. The third kappa shape index (κ3) is 5.77. The molecule has 0 amide bonds. The number of hydrogen-bond donors (Lipinski definition) is 1. The van der Waals surface area contributed by atoms with Gasteiger partial charge < -0.3 is 15.4 Å². The molecule has 6 nitrogen and oxygen atoms in total. The highest BCUT2D eigenvalue weighted by molar-refractivity contribution is 5.33. The maximum Gasteiger partial charge on any atom is 0.215 e. The normalized spacial score (nSPS) is 17.1. The largest absolute Gasteiger partial charge is 0.469 e. The van der Waals surface area contributed by atoms with Crippen molar-refractivity contribution in [3.63, 3.8) is 0 Å². The minimum absolute atomic E-state index is 0.167. The second-order valence-electron chi connectivity index (χ2n) is 7.69. The van der Waals surface area contributed by atoms with E-state index in [0.29, 0.717) is 23.1 Å². The molecule has 0 aliphatic carbocycles. The van der Waals surface area contributed by atoms with Crippen LogP contribution in [0.3, 0.4) is 0 Å². The van der Waals surface area contributed by atoms with Crippen LogP contribution in [0.4, 0.5) is 0 Å². The van der Waals surface area contributed by atoms with Crippen LogP contribution < -0.4 is 10.5 Å². The van der Waals surface area contributed by atoms with Crippen molar-refractivity contribution in [3.8, 4) is 18.0 Å². The molecule has 1 aromatic heterocycles. The molecule has 3 rings (SSSR count). The zero-order valence-electron chi connectivity index (χ0n) is 16.8. The van der Waals surface area contributed by atoms with Crippen LogP contribution in [0, 0.1) is 28.6 Å². The van der Waals surface area contributed by atoms with Gasteiger partial charge in [-0.15, -0.1) is 0 Å². The fourth-order valence-corrected chi connectivity index (χ4v) is 3.72. The Hall–Kier alpha value is -2.93. The molecule has 1 fully saturated rings. The van der Waals surface area contributed by atoms with E-state index >= 15 is 0 Å². The summed E-state index contributed by atoms with van der Waals surface area (Å²) in [6.07, 6.45) is 2.87. The topological polar surface area (TPSA) is 99.0 Å². The molecular formula is C23H27N5O. The average Bonchev–Trinajstić information content (AvgIpc) is 2.77. The lowest BCUT2D eigenvalue weighted by atomic mass is 9.87. The van der Waals surface area contributed by atoms with E-state index in [9.17, 15) is 0 Å². The summed E-state index contributed by atoms with van der Waals surface area (Å²) >= 11 is 0. The number of likely N-dealkylation sites (tertiary alicyclic amines) is 1. The van der Waals surface area contributed by atoms with Crippen LogP contribution in [0.5, 0.6) is 5.88 Å². The molecule has 150 valence electrons. The van der Waals surface area contributed by atoms with Gasteiger partial charge in [-0.25, -0.2) is 4.98 Å². The van der Waals surface area contributed by atoms with Gasteiger partial charge in [0, 0.05) is 18.0 Å². The summed E-state index contributed by atoms with van der Waals surface area (Å²) in [4.78, 5) is 6.75. The first-order chi connectivity index (χ1) is 14.1. The number of nitriles is 2. The number of nitrogens with zero attached hydrogens (tertiary/aromatic N) is 4. The second-order valence-corrected chi connectivity index (χ2v) is 7.69. The Labute approximate surface area is 172 Å². The molecule has 1 saturated heterocycles. The number of nitrogens with two attached hydrogens (primary N) is 1. The molecule has 1 aromatic carbocycles. The second kappa shape index (κ2) is 10.0. The molecule has 0 bridgehead atoms. The van der Waals surface area contributed by atoms with Crippen molar-refractivity contribution in [2.45, 2.75) is 38.3 Å². The molecule has 0 radical (unpaired) electrons. The van der Waals surface area contributed by atoms with Crippen molar-refractivity contribution in [1.82, 2.24) is 9.88 Å². The van der Waals surface area contributed by atoms with Crippen molar-refractivity contribution in [2.24, 2.45) is 11.7 Å². The van der Waals surface area contributed by atoms with Gasteiger partial charge in [0.1, 0.15) is 17.9 Å². The first kappa shape index (κ1) is 20.8. The Morgan fingerprint density at radius 3 is 2.48 bits per heavy atom. The van der Waals surface area contributed by atoms with E-state index in [4.69, 9.17) is 21.0 Å². The van der Waals surface area contributed by atoms with Gasteiger partial charge in [0.25, 0.3) is 0 Å². The van der Waals surface area contributed by atoms with Gasteiger partial charge in [0.15, 0.2) is 0 Å². The molecule has 0 saturated carbocycles. The smallest absolute Gasteiger partial charge is 0.215 e. The number of rotatable bonds is 7. The minimum Gasteiger partial charge on any atom is -0.469 e. The standard InChI is InChI=1S/C23H27N5O/c1-17(26)9-12-28-13-10-20(11-14-28)23(19-7-5-18(15-24)6-8-19)29-22-4-2-3-21(16-25)27-22/h2-8,17,20,23H,9-14,26H2,1H3. The SMILES string of the molecule is CC(N)CCN1CCC(C(Oc2cccc(C#N)n2)c2ccc(C#N)cc2)CC1. The lowest BCUT2D eigenvalue weighted by molar-refractivity contribution is 0.0723. The van der Waals surface area contributed by atoms with Crippen molar-refractivity contribution >= 4 is 0 Å². The van der Waals surface area contributed by atoms with E-state index in [2.05, 4.69) is 22.0 Å². The fraction of sp³-hybridized carbons (Fsp3) is 0.435. The van der Waals surface area contributed by atoms with Gasteiger partial charge in [-0.1, -0.05) is 18.2 Å². The molecule has 2 atom stereocenters. The number of benzene rings is 1. The predicted molar refractivity (Wildman–Crippen MR) is 111 cm³/mol. The Morgan fingerprint density at radius 2 is 1.86 bits per heavy atom. The van der Waals surface area contributed by atoms with E-state index in [-0.39, 0.29) is 12.1 Å². The molecule has 1 aliphatic rings. The Kier molecular flexibility index (Phi) is 7.19. The molecule has 2 heterocycles. The Bertz CT molecular complexity index is 873. The highest BCUT2D eigenvalue weighted by atomic mass is 16.5. The zero-order chi connectivity index (χ0) is 20.6. The molecule has 2 N–H and O–H groups in total. The molecule has 6 heteroatoms. The monoisotopic (exact) mass is 389 g/mol. The minimum atomic E-state index is -0.167. The van der Waals surface area contributed by atoms with E-state index < -0.39 is 0 Å². The van der Waals surface area contributed by atoms with Crippen molar-refractivity contribution in [3.05, 3.63) is 59.3 Å². The van der Waals surface area contributed by atoms with Gasteiger partial charge >= 0.3 is 0 Å². The van der Waals surface area contributed by atoms with Gasteiger partial charge in [-0.3, -0.25) is 0 Å². The maximum absolute atomic E-state index is 9.13. The fourth-order valence-electron chi connectivity index (χ4n) is 3.72. The van der Waals surface area contributed by atoms with Crippen LogP contribution >= 0.6 is 0 Å². The first-order valence-corrected chi connectivity index (χ1v) is 10.1. The number of ether oxygens (including phenoxy) is 1. The average molecular weight is 390 g/mol. The Balaban J connectivity index is 1.76. The summed E-state index contributed by atoms with van der Waals surface area (Å²) in [5.41, 5.74) is 7.89. The Morgan fingerprint density at radius 1 is 1.14 bits per heavy atom. The molecule has 29 heavy (non-hydrogen) atoms. The van der Waals surface area contributed by atoms with Crippen LogP contribution in [0.1, 0.15) is 49.1 Å². The highest BCUT2D eigenvalue weighted by Crippen LogP contribution is 2.34. The third-order valence-electron chi connectivity index (χ3n) is 5.42. The van der Waals surface area contributed by atoms with Gasteiger partial charge in [-0.2, -0.15) is 10.5 Å². The van der Waals surface area contributed by atoms with Crippen molar-refractivity contribution < 1.29 is 4.74 Å². The summed E-state index contributed by atoms with van der Waals surface area (Å²) < 4.78 is 6.31. The summed E-state index contributed by atoms with van der Waals surface area (Å²) in [7, 11) is 0. The lowest BCUT2D eigenvalue weighted by Crippen LogP contribution is -2.38. The quantitative estimate of drug-likeness (QED) is 0.779. The van der Waals surface area contributed by atoms with Crippen LogP contribution in [0.2, 0.25) is 0 Å². The molecule has 0 spiro atoms. The summed E-state index contributed by atoms with van der Waals surface area (Å²) in [6.45, 7) is 5.10. The lowest BCUT2D eigenvalue weighted by Gasteiger charge is -2.36. The molecule has 2 aromatic rings. The van der Waals surface area contributed by atoms with Crippen LogP contribution in [0.25, 0.3) is 0 Å². The van der Waals surface area contributed by atoms with Crippen molar-refractivity contribution in [1.29, 1.82) is 10.5 Å². The van der Waals surface area contributed by atoms with Crippen LogP contribution in [-0.2, 0) is 0 Å². The third-order valence-corrected chi connectivity index (χ3v) is 5.42. The summed E-state index contributed by atoms with van der Waals surface area (Å²) in [6, 6.07) is 17.2.